The van der Waals surface area contributed by atoms with Crippen LogP contribution >= 0.6 is 0 Å². The standard InChI is InChI=1S/C16H16F3N/c1-10-7-8-12(9-11(10)2)15(20)13-5-3-4-6-14(13)16(17,18)19/h3-9,15H,20H2,1-2H3. The number of hydrogen-bond acceptors (Lipinski definition) is 1. The van der Waals surface area contributed by atoms with Crippen LogP contribution in [0.25, 0.3) is 0 Å². The monoisotopic (exact) mass is 279 g/mol. The fraction of sp³-hybridized carbons (Fsp3) is 0.250. The largest absolute Gasteiger partial charge is 0.416 e. The Morgan fingerprint density at radius 1 is 0.950 bits per heavy atom. The molecule has 0 saturated carbocycles. The summed E-state index contributed by atoms with van der Waals surface area (Å²) in [6, 6.07) is 10.2. The first kappa shape index (κ1) is 14.6. The normalized spacial score (nSPS) is 13.3. The summed E-state index contributed by atoms with van der Waals surface area (Å²) in [4.78, 5) is 0. The number of benzene rings is 2. The average Bonchev–Trinajstić information content (AvgIpc) is 2.40. The minimum atomic E-state index is -4.39. The second-order valence-corrected chi connectivity index (χ2v) is 4.91. The Hall–Kier alpha value is -1.81. The Bertz CT molecular complexity index is 617. The van der Waals surface area contributed by atoms with Crippen molar-refractivity contribution in [3.8, 4) is 0 Å². The van der Waals surface area contributed by atoms with E-state index in [9.17, 15) is 13.2 Å². The Balaban J connectivity index is 2.48. The number of alkyl halides is 3. The summed E-state index contributed by atoms with van der Waals surface area (Å²) < 4.78 is 39.0. The molecule has 0 aliphatic heterocycles. The van der Waals surface area contributed by atoms with Gasteiger partial charge in [0.25, 0.3) is 0 Å². The maximum absolute atomic E-state index is 13.0. The van der Waals surface area contributed by atoms with Gasteiger partial charge < -0.3 is 5.73 Å². The summed E-state index contributed by atoms with van der Waals surface area (Å²) >= 11 is 0. The third-order valence-electron chi connectivity index (χ3n) is 3.49. The molecule has 1 unspecified atom stereocenters. The predicted octanol–water partition coefficient (Wildman–Crippen LogP) is 4.37. The van der Waals surface area contributed by atoms with E-state index in [4.69, 9.17) is 5.73 Å². The molecule has 0 aliphatic rings. The molecular formula is C16H16F3N. The quantitative estimate of drug-likeness (QED) is 0.868. The van der Waals surface area contributed by atoms with Crippen LogP contribution in [-0.2, 0) is 6.18 Å². The lowest BCUT2D eigenvalue weighted by Gasteiger charge is -2.19. The SMILES string of the molecule is Cc1ccc(C(N)c2ccccc2C(F)(F)F)cc1C. The zero-order chi connectivity index (χ0) is 14.9. The van der Waals surface area contributed by atoms with Crippen molar-refractivity contribution in [3.63, 3.8) is 0 Å². The summed E-state index contributed by atoms with van der Waals surface area (Å²) in [7, 11) is 0. The Morgan fingerprint density at radius 2 is 1.60 bits per heavy atom. The van der Waals surface area contributed by atoms with Gasteiger partial charge in [-0.15, -0.1) is 0 Å². The van der Waals surface area contributed by atoms with Gasteiger partial charge in [-0.05, 0) is 42.2 Å². The highest BCUT2D eigenvalue weighted by molar-refractivity contribution is 5.41. The highest BCUT2D eigenvalue weighted by Crippen LogP contribution is 2.35. The summed E-state index contributed by atoms with van der Waals surface area (Å²) in [6.45, 7) is 3.87. The Kier molecular flexibility index (Phi) is 3.86. The summed E-state index contributed by atoms with van der Waals surface area (Å²) in [5.74, 6) is 0. The van der Waals surface area contributed by atoms with Gasteiger partial charge in [-0.2, -0.15) is 13.2 Å². The van der Waals surface area contributed by atoms with Crippen LogP contribution in [0.4, 0.5) is 13.2 Å². The summed E-state index contributed by atoms with van der Waals surface area (Å²) in [5.41, 5.74) is 8.25. The Labute approximate surface area is 116 Å². The van der Waals surface area contributed by atoms with E-state index in [1.54, 1.807) is 12.1 Å². The fourth-order valence-corrected chi connectivity index (χ4v) is 2.16. The minimum Gasteiger partial charge on any atom is -0.320 e. The number of nitrogens with two attached hydrogens (primary N) is 1. The molecule has 0 aromatic heterocycles. The van der Waals surface area contributed by atoms with Crippen LogP contribution < -0.4 is 5.73 Å². The molecule has 0 radical (unpaired) electrons. The van der Waals surface area contributed by atoms with Gasteiger partial charge in [-0.3, -0.25) is 0 Å². The second-order valence-electron chi connectivity index (χ2n) is 4.91. The first-order valence-electron chi connectivity index (χ1n) is 6.29. The molecule has 0 spiro atoms. The lowest BCUT2D eigenvalue weighted by atomic mass is 9.93. The molecule has 0 fully saturated rings. The van der Waals surface area contributed by atoms with Crippen LogP contribution in [-0.4, -0.2) is 0 Å². The van der Waals surface area contributed by atoms with Crippen molar-refractivity contribution in [1.82, 2.24) is 0 Å². The molecule has 2 aromatic carbocycles. The molecule has 0 saturated heterocycles. The minimum absolute atomic E-state index is 0.100. The molecule has 1 atom stereocenters. The first-order valence-corrected chi connectivity index (χ1v) is 6.29. The van der Waals surface area contributed by atoms with Crippen molar-refractivity contribution in [2.75, 3.05) is 0 Å². The predicted molar refractivity (Wildman–Crippen MR) is 73.4 cm³/mol. The first-order chi connectivity index (χ1) is 9.30. The van der Waals surface area contributed by atoms with Crippen molar-refractivity contribution in [3.05, 3.63) is 70.3 Å². The van der Waals surface area contributed by atoms with Crippen molar-refractivity contribution < 1.29 is 13.2 Å². The topological polar surface area (TPSA) is 26.0 Å². The van der Waals surface area contributed by atoms with Gasteiger partial charge in [0.15, 0.2) is 0 Å². The van der Waals surface area contributed by atoms with Crippen molar-refractivity contribution in [2.45, 2.75) is 26.1 Å². The lowest BCUT2D eigenvalue weighted by molar-refractivity contribution is -0.138. The van der Waals surface area contributed by atoms with E-state index in [-0.39, 0.29) is 5.56 Å². The van der Waals surface area contributed by atoms with Crippen LogP contribution in [0.5, 0.6) is 0 Å². The molecule has 0 heterocycles. The molecule has 0 amide bonds. The van der Waals surface area contributed by atoms with Crippen molar-refractivity contribution >= 4 is 0 Å². The van der Waals surface area contributed by atoms with Crippen LogP contribution in [0.15, 0.2) is 42.5 Å². The maximum Gasteiger partial charge on any atom is 0.416 e. The zero-order valence-corrected chi connectivity index (χ0v) is 11.3. The Morgan fingerprint density at radius 3 is 2.20 bits per heavy atom. The van der Waals surface area contributed by atoms with Gasteiger partial charge in [-0.25, -0.2) is 0 Å². The molecule has 2 aromatic rings. The van der Waals surface area contributed by atoms with Crippen molar-refractivity contribution in [1.29, 1.82) is 0 Å². The lowest BCUT2D eigenvalue weighted by Crippen LogP contribution is -2.18. The number of halogens is 3. The van der Waals surface area contributed by atoms with Crippen LogP contribution in [0.2, 0.25) is 0 Å². The molecule has 2 rings (SSSR count). The molecule has 1 nitrogen and oxygen atoms in total. The van der Waals surface area contributed by atoms with Gasteiger partial charge in [-0.1, -0.05) is 36.4 Å². The summed E-state index contributed by atoms with van der Waals surface area (Å²) in [6.07, 6.45) is -4.39. The van der Waals surface area contributed by atoms with E-state index in [1.807, 2.05) is 26.0 Å². The maximum atomic E-state index is 13.0. The average molecular weight is 279 g/mol. The molecule has 0 aliphatic carbocycles. The van der Waals surface area contributed by atoms with E-state index >= 15 is 0 Å². The van der Waals surface area contributed by atoms with E-state index in [0.29, 0.717) is 5.56 Å². The molecular weight excluding hydrogens is 263 g/mol. The smallest absolute Gasteiger partial charge is 0.320 e. The molecule has 20 heavy (non-hydrogen) atoms. The van der Waals surface area contributed by atoms with Gasteiger partial charge >= 0.3 is 6.18 Å². The fourth-order valence-electron chi connectivity index (χ4n) is 2.16. The third-order valence-corrected chi connectivity index (χ3v) is 3.49. The summed E-state index contributed by atoms with van der Waals surface area (Å²) in [5, 5.41) is 0. The van der Waals surface area contributed by atoms with E-state index in [1.165, 1.54) is 12.1 Å². The number of aryl methyl sites for hydroxylation is 2. The molecule has 4 heteroatoms. The van der Waals surface area contributed by atoms with Crippen LogP contribution in [0, 0.1) is 13.8 Å². The highest BCUT2D eigenvalue weighted by Gasteiger charge is 2.34. The number of rotatable bonds is 2. The molecule has 106 valence electrons. The van der Waals surface area contributed by atoms with E-state index < -0.39 is 17.8 Å². The van der Waals surface area contributed by atoms with Crippen molar-refractivity contribution in [2.24, 2.45) is 5.73 Å². The molecule has 2 N–H and O–H groups in total. The second kappa shape index (κ2) is 5.29. The van der Waals surface area contributed by atoms with Gasteiger partial charge in [0, 0.05) is 0 Å². The molecule has 0 bridgehead atoms. The van der Waals surface area contributed by atoms with Crippen LogP contribution in [0.1, 0.15) is 33.9 Å². The van der Waals surface area contributed by atoms with Crippen LogP contribution in [0.3, 0.4) is 0 Å². The van der Waals surface area contributed by atoms with Gasteiger partial charge in [0.1, 0.15) is 0 Å². The zero-order valence-electron chi connectivity index (χ0n) is 11.3. The van der Waals surface area contributed by atoms with Gasteiger partial charge in [0.2, 0.25) is 0 Å². The van der Waals surface area contributed by atoms with E-state index in [2.05, 4.69) is 0 Å². The third kappa shape index (κ3) is 2.85. The van der Waals surface area contributed by atoms with Gasteiger partial charge in [0.05, 0.1) is 11.6 Å². The highest BCUT2D eigenvalue weighted by atomic mass is 19.4. The van der Waals surface area contributed by atoms with E-state index in [0.717, 1.165) is 17.2 Å². The number of hydrogen-bond donors (Lipinski definition) is 1.